The Balaban J connectivity index is 3.08. The van der Waals surface area contributed by atoms with E-state index in [0.717, 1.165) is 25.9 Å². The summed E-state index contributed by atoms with van der Waals surface area (Å²) in [5, 5.41) is 8.52. The van der Waals surface area contributed by atoms with Crippen molar-refractivity contribution in [3.63, 3.8) is 0 Å². The van der Waals surface area contributed by atoms with Crippen LogP contribution < -0.4 is 0 Å². The van der Waals surface area contributed by atoms with E-state index in [9.17, 15) is 0 Å². The van der Waals surface area contributed by atoms with Gasteiger partial charge >= 0.3 is 0 Å². The first-order valence-corrected chi connectivity index (χ1v) is 4.91. The molecule has 2 nitrogen and oxygen atoms in total. The molecule has 0 rings (SSSR count). The topological polar surface area (TPSA) is 29.5 Å². The lowest BCUT2D eigenvalue weighted by Crippen LogP contribution is -2.15. The van der Waals surface area contributed by atoms with Crippen LogP contribution >= 0.6 is 0 Å². The van der Waals surface area contributed by atoms with E-state index in [-0.39, 0.29) is 0 Å². The van der Waals surface area contributed by atoms with E-state index in [1.54, 1.807) is 0 Å². The van der Waals surface area contributed by atoms with Crippen LogP contribution in [0.2, 0.25) is 0 Å². The summed E-state index contributed by atoms with van der Waals surface area (Å²) in [6, 6.07) is 0. The fourth-order valence-corrected chi connectivity index (χ4v) is 0.852. The van der Waals surface area contributed by atoms with Gasteiger partial charge in [0.2, 0.25) is 0 Å². The molecule has 0 aliphatic rings. The lowest BCUT2D eigenvalue weighted by molar-refractivity contribution is 0.0328. The molecule has 0 aliphatic heterocycles. The smallest absolute Gasteiger partial charge is 0.0569 e. The SMILES string of the molecule is CC(C)C(C)OCCCCCO. The van der Waals surface area contributed by atoms with Crippen molar-refractivity contribution in [1.29, 1.82) is 0 Å². The van der Waals surface area contributed by atoms with E-state index < -0.39 is 0 Å². The molecule has 0 aliphatic carbocycles. The maximum Gasteiger partial charge on any atom is 0.0569 e. The third-order valence-corrected chi connectivity index (χ3v) is 2.12. The van der Waals surface area contributed by atoms with Crippen LogP contribution in [0.5, 0.6) is 0 Å². The zero-order chi connectivity index (χ0) is 9.40. The number of ether oxygens (including phenoxy) is 1. The van der Waals surface area contributed by atoms with E-state index in [1.165, 1.54) is 0 Å². The molecule has 0 aromatic heterocycles. The first-order chi connectivity index (χ1) is 5.68. The van der Waals surface area contributed by atoms with Gasteiger partial charge < -0.3 is 9.84 Å². The van der Waals surface area contributed by atoms with Crippen LogP contribution in [0, 0.1) is 5.92 Å². The average Bonchev–Trinajstić information content (AvgIpc) is 2.03. The quantitative estimate of drug-likeness (QED) is 0.600. The predicted molar refractivity (Wildman–Crippen MR) is 51.2 cm³/mol. The van der Waals surface area contributed by atoms with Crippen molar-refractivity contribution < 1.29 is 9.84 Å². The van der Waals surface area contributed by atoms with E-state index in [4.69, 9.17) is 9.84 Å². The predicted octanol–water partition coefficient (Wildman–Crippen LogP) is 2.21. The van der Waals surface area contributed by atoms with Crippen LogP contribution in [0.15, 0.2) is 0 Å². The summed E-state index contributed by atoms with van der Waals surface area (Å²) in [7, 11) is 0. The summed E-state index contributed by atoms with van der Waals surface area (Å²) in [4.78, 5) is 0. The third-order valence-electron chi connectivity index (χ3n) is 2.12. The molecule has 0 saturated heterocycles. The molecule has 0 aromatic carbocycles. The molecule has 0 aromatic rings. The van der Waals surface area contributed by atoms with Crippen LogP contribution in [-0.4, -0.2) is 24.4 Å². The molecule has 0 fully saturated rings. The van der Waals surface area contributed by atoms with Crippen molar-refractivity contribution in [2.45, 2.75) is 46.1 Å². The van der Waals surface area contributed by atoms with Gasteiger partial charge in [0.1, 0.15) is 0 Å². The highest BCUT2D eigenvalue weighted by Gasteiger charge is 2.05. The summed E-state index contributed by atoms with van der Waals surface area (Å²) >= 11 is 0. The summed E-state index contributed by atoms with van der Waals surface area (Å²) in [5.41, 5.74) is 0. The van der Waals surface area contributed by atoms with Gasteiger partial charge in [0, 0.05) is 13.2 Å². The van der Waals surface area contributed by atoms with Gasteiger partial charge in [0.25, 0.3) is 0 Å². The van der Waals surface area contributed by atoms with Crippen LogP contribution in [0.25, 0.3) is 0 Å². The summed E-state index contributed by atoms with van der Waals surface area (Å²) in [6.45, 7) is 7.58. The highest BCUT2D eigenvalue weighted by Crippen LogP contribution is 2.06. The van der Waals surface area contributed by atoms with Crippen molar-refractivity contribution in [1.82, 2.24) is 0 Å². The summed E-state index contributed by atoms with van der Waals surface area (Å²) in [5.74, 6) is 0.600. The molecule has 12 heavy (non-hydrogen) atoms. The molecule has 1 N–H and O–H groups in total. The number of aliphatic hydroxyl groups excluding tert-OH is 1. The molecule has 1 unspecified atom stereocenters. The number of unbranched alkanes of at least 4 members (excludes halogenated alkanes) is 2. The Morgan fingerprint density at radius 2 is 1.75 bits per heavy atom. The molecule has 0 heterocycles. The summed E-state index contributed by atoms with van der Waals surface area (Å²) < 4.78 is 5.57. The van der Waals surface area contributed by atoms with Gasteiger partial charge in [0.05, 0.1) is 6.10 Å². The van der Waals surface area contributed by atoms with E-state index in [0.29, 0.717) is 18.6 Å². The lowest BCUT2D eigenvalue weighted by Gasteiger charge is -2.16. The zero-order valence-corrected chi connectivity index (χ0v) is 8.55. The van der Waals surface area contributed by atoms with E-state index in [2.05, 4.69) is 20.8 Å². The highest BCUT2D eigenvalue weighted by atomic mass is 16.5. The number of rotatable bonds is 7. The second kappa shape index (κ2) is 7.56. The first kappa shape index (κ1) is 11.9. The van der Waals surface area contributed by atoms with Crippen molar-refractivity contribution in [2.24, 2.45) is 5.92 Å². The number of hydrogen-bond acceptors (Lipinski definition) is 2. The van der Waals surface area contributed by atoms with E-state index in [1.807, 2.05) is 0 Å². The Hall–Kier alpha value is -0.0800. The van der Waals surface area contributed by atoms with E-state index >= 15 is 0 Å². The minimum atomic E-state index is 0.305. The van der Waals surface area contributed by atoms with Gasteiger partial charge in [0.15, 0.2) is 0 Å². The Morgan fingerprint density at radius 3 is 2.25 bits per heavy atom. The Labute approximate surface area is 75.9 Å². The van der Waals surface area contributed by atoms with Gasteiger partial charge in [-0.1, -0.05) is 13.8 Å². The van der Waals surface area contributed by atoms with Crippen LogP contribution in [0.1, 0.15) is 40.0 Å². The van der Waals surface area contributed by atoms with Gasteiger partial charge in [-0.05, 0) is 32.1 Å². The fraction of sp³-hybridized carbons (Fsp3) is 1.00. The van der Waals surface area contributed by atoms with Crippen molar-refractivity contribution in [3.8, 4) is 0 Å². The Kier molecular flexibility index (Phi) is 7.51. The second-order valence-corrected chi connectivity index (χ2v) is 3.60. The zero-order valence-electron chi connectivity index (χ0n) is 8.55. The third kappa shape index (κ3) is 6.62. The largest absolute Gasteiger partial charge is 0.396 e. The first-order valence-electron chi connectivity index (χ1n) is 4.91. The minimum absolute atomic E-state index is 0.305. The summed E-state index contributed by atoms with van der Waals surface area (Å²) in [6.07, 6.45) is 3.40. The second-order valence-electron chi connectivity index (χ2n) is 3.60. The van der Waals surface area contributed by atoms with Crippen LogP contribution in [0.4, 0.5) is 0 Å². The monoisotopic (exact) mass is 174 g/mol. The number of hydrogen-bond donors (Lipinski definition) is 1. The maximum absolute atomic E-state index is 8.52. The molecule has 0 radical (unpaired) electrons. The van der Waals surface area contributed by atoms with Crippen molar-refractivity contribution in [2.75, 3.05) is 13.2 Å². The molecule has 0 spiro atoms. The molecular weight excluding hydrogens is 152 g/mol. The fourth-order valence-electron chi connectivity index (χ4n) is 0.852. The molecule has 2 heteroatoms. The molecule has 1 atom stereocenters. The van der Waals surface area contributed by atoms with Crippen LogP contribution in [0.3, 0.4) is 0 Å². The molecule has 0 amide bonds. The molecule has 0 bridgehead atoms. The van der Waals surface area contributed by atoms with Gasteiger partial charge in [-0.15, -0.1) is 0 Å². The maximum atomic E-state index is 8.52. The van der Waals surface area contributed by atoms with Crippen LogP contribution in [-0.2, 0) is 4.74 Å². The molecular formula is C10H22O2. The number of aliphatic hydroxyl groups is 1. The van der Waals surface area contributed by atoms with Crippen molar-refractivity contribution in [3.05, 3.63) is 0 Å². The highest BCUT2D eigenvalue weighted by molar-refractivity contribution is 4.54. The van der Waals surface area contributed by atoms with Gasteiger partial charge in [-0.25, -0.2) is 0 Å². The average molecular weight is 174 g/mol. The molecule has 0 saturated carbocycles. The Bertz CT molecular complexity index is 91.8. The molecule has 74 valence electrons. The minimum Gasteiger partial charge on any atom is -0.396 e. The van der Waals surface area contributed by atoms with Gasteiger partial charge in [-0.3, -0.25) is 0 Å². The Morgan fingerprint density at radius 1 is 1.08 bits per heavy atom. The standard InChI is InChI=1S/C10H22O2/c1-9(2)10(3)12-8-6-4-5-7-11/h9-11H,4-8H2,1-3H3. The normalized spacial score (nSPS) is 13.8. The van der Waals surface area contributed by atoms with Crippen molar-refractivity contribution >= 4 is 0 Å². The van der Waals surface area contributed by atoms with Gasteiger partial charge in [-0.2, -0.15) is 0 Å². The lowest BCUT2D eigenvalue weighted by atomic mass is 10.1.